The molecule has 0 spiro atoms. The topological polar surface area (TPSA) is 133 Å². The third kappa shape index (κ3) is 3.43. The van der Waals surface area contributed by atoms with Crippen molar-refractivity contribution in [2.45, 2.75) is 23.9 Å². The molecule has 8 nitrogen and oxygen atoms in total. The largest absolute Gasteiger partial charge is 0.508 e. The summed E-state index contributed by atoms with van der Waals surface area (Å²) >= 11 is 1.39. The SMILES string of the molecule is C=CCC1=C(C(=O)O)N2C(=O)C(NC(=O)[C@H](N)c3ccc(O)cc3)[C@H]2SC1. The number of β-lactam (4-membered cyclic amide) rings is 1. The molecule has 142 valence electrons. The van der Waals surface area contributed by atoms with Crippen LogP contribution in [0.2, 0.25) is 0 Å². The van der Waals surface area contributed by atoms with E-state index in [1.54, 1.807) is 6.08 Å². The number of nitrogens with two attached hydrogens (primary N) is 1. The highest BCUT2D eigenvalue weighted by atomic mass is 32.2. The Balaban J connectivity index is 1.73. The summed E-state index contributed by atoms with van der Waals surface area (Å²) in [6.45, 7) is 3.61. The molecule has 9 heteroatoms. The predicted molar refractivity (Wildman–Crippen MR) is 99.5 cm³/mol. The van der Waals surface area contributed by atoms with Gasteiger partial charge in [0, 0.05) is 5.75 Å². The van der Waals surface area contributed by atoms with Crippen molar-refractivity contribution in [3.05, 3.63) is 53.8 Å². The number of allylic oxidation sites excluding steroid dienone is 1. The molecule has 1 aromatic carbocycles. The zero-order valence-electron chi connectivity index (χ0n) is 14.3. The molecule has 1 unspecified atom stereocenters. The lowest BCUT2D eigenvalue weighted by Crippen LogP contribution is -2.71. The number of carbonyl (C=O) groups excluding carboxylic acids is 2. The van der Waals surface area contributed by atoms with Crippen LogP contribution in [0.25, 0.3) is 0 Å². The number of aliphatic carboxylic acids is 1. The molecule has 1 fully saturated rings. The minimum atomic E-state index is -1.17. The smallest absolute Gasteiger partial charge is 0.352 e. The van der Waals surface area contributed by atoms with Crippen molar-refractivity contribution in [2.24, 2.45) is 5.73 Å². The third-order valence-corrected chi connectivity index (χ3v) is 5.81. The number of nitrogens with zero attached hydrogens (tertiary/aromatic N) is 1. The normalized spacial score (nSPS) is 22.6. The second-order valence-electron chi connectivity index (χ2n) is 6.22. The quantitative estimate of drug-likeness (QED) is 0.416. The van der Waals surface area contributed by atoms with E-state index < -0.39 is 35.2 Å². The number of thioether (sulfide) groups is 1. The summed E-state index contributed by atoms with van der Waals surface area (Å²) < 4.78 is 0. The van der Waals surface area contributed by atoms with E-state index in [1.807, 2.05) is 0 Å². The number of amides is 2. The zero-order valence-corrected chi connectivity index (χ0v) is 15.1. The number of benzene rings is 1. The van der Waals surface area contributed by atoms with E-state index >= 15 is 0 Å². The van der Waals surface area contributed by atoms with Gasteiger partial charge in [-0.05, 0) is 29.7 Å². The highest BCUT2D eigenvalue weighted by molar-refractivity contribution is 8.00. The Morgan fingerprint density at radius 2 is 2.07 bits per heavy atom. The van der Waals surface area contributed by atoms with Crippen LogP contribution in [-0.4, -0.2) is 50.1 Å². The average molecular weight is 389 g/mol. The second-order valence-corrected chi connectivity index (χ2v) is 7.32. The first-order valence-electron chi connectivity index (χ1n) is 8.21. The molecule has 2 amide bonds. The van der Waals surface area contributed by atoms with Crippen molar-refractivity contribution >= 4 is 29.5 Å². The molecule has 0 bridgehead atoms. The van der Waals surface area contributed by atoms with E-state index in [2.05, 4.69) is 11.9 Å². The van der Waals surface area contributed by atoms with Crippen LogP contribution in [0.4, 0.5) is 0 Å². The number of carboxylic acid groups (broad SMARTS) is 1. The van der Waals surface area contributed by atoms with Gasteiger partial charge in [-0.25, -0.2) is 4.79 Å². The minimum Gasteiger partial charge on any atom is -0.508 e. The Labute approximate surface area is 159 Å². The first-order chi connectivity index (χ1) is 12.8. The lowest BCUT2D eigenvalue weighted by molar-refractivity contribution is -0.150. The maximum Gasteiger partial charge on any atom is 0.352 e. The van der Waals surface area contributed by atoms with Crippen LogP contribution in [0.1, 0.15) is 18.0 Å². The van der Waals surface area contributed by atoms with Gasteiger partial charge in [0.15, 0.2) is 0 Å². The Morgan fingerprint density at radius 1 is 1.41 bits per heavy atom. The van der Waals surface area contributed by atoms with Gasteiger partial charge < -0.3 is 21.3 Å². The van der Waals surface area contributed by atoms with Gasteiger partial charge in [0.2, 0.25) is 5.91 Å². The van der Waals surface area contributed by atoms with Crippen LogP contribution in [0.5, 0.6) is 5.75 Å². The van der Waals surface area contributed by atoms with E-state index in [-0.39, 0.29) is 11.4 Å². The van der Waals surface area contributed by atoms with Gasteiger partial charge in [0.05, 0.1) is 0 Å². The van der Waals surface area contributed by atoms with Crippen molar-refractivity contribution in [3.8, 4) is 5.75 Å². The number of phenols is 1. The molecule has 0 aromatic heterocycles. The number of carbonyl (C=O) groups is 3. The number of aromatic hydroxyl groups is 1. The fraction of sp³-hybridized carbons (Fsp3) is 0.278. The monoisotopic (exact) mass is 389 g/mol. The molecule has 3 rings (SSSR count). The first kappa shape index (κ1) is 19.0. The maximum atomic E-state index is 12.5. The fourth-order valence-electron chi connectivity index (χ4n) is 3.09. The zero-order chi connectivity index (χ0) is 19.7. The van der Waals surface area contributed by atoms with Crippen LogP contribution < -0.4 is 11.1 Å². The maximum absolute atomic E-state index is 12.5. The van der Waals surface area contributed by atoms with Crippen molar-refractivity contribution in [1.29, 1.82) is 0 Å². The second kappa shape index (κ2) is 7.45. The lowest BCUT2D eigenvalue weighted by atomic mass is 10.0. The van der Waals surface area contributed by atoms with Gasteiger partial charge in [-0.3, -0.25) is 14.5 Å². The number of fused-ring (bicyclic) bond motifs is 1. The summed E-state index contributed by atoms with van der Waals surface area (Å²) in [5, 5.41) is 20.9. The number of phenolic OH excluding ortho intramolecular Hbond substituents is 1. The number of rotatable bonds is 6. The Bertz CT molecular complexity index is 836. The molecular weight excluding hydrogens is 370 g/mol. The molecule has 2 aliphatic heterocycles. The summed E-state index contributed by atoms with van der Waals surface area (Å²) in [6.07, 6.45) is 1.98. The summed E-state index contributed by atoms with van der Waals surface area (Å²) in [4.78, 5) is 37.7. The Morgan fingerprint density at radius 3 is 2.67 bits per heavy atom. The van der Waals surface area contributed by atoms with E-state index in [0.29, 0.717) is 23.3 Å². The Hall–Kier alpha value is -2.78. The van der Waals surface area contributed by atoms with Crippen molar-refractivity contribution in [3.63, 3.8) is 0 Å². The number of carboxylic acids is 1. The van der Waals surface area contributed by atoms with Gasteiger partial charge in [0.25, 0.3) is 5.91 Å². The summed E-state index contributed by atoms with van der Waals surface area (Å²) in [6, 6.07) is 4.05. The highest BCUT2D eigenvalue weighted by Crippen LogP contribution is 2.41. The molecule has 0 aliphatic carbocycles. The molecule has 2 heterocycles. The van der Waals surface area contributed by atoms with Gasteiger partial charge >= 0.3 is 5.97 Å². The number of nitrogens with one attached hydrogen (secondary N) is 1. The van der Waals surface area contributed by atoms with Crippen LogP contribution in [0.3, 0.4) is 0 Å². The van der Waals surface area contributed by atoms with Crippen LogP contribution in [0, 0.1) is 0 Å². The van der Waals surface area contributed by atoms with Crippen LogP contribution >= 0.6 is 11.8 Å². The Kier molecular flexibility index (Phi) is 5.24. The predicted octanol–water partition coefficient (Wildman–Crippen LogP) is 0.707. The molecule has 3 atom stereocenters. The van der Waals surface area contributed by atoms with Crippen LogP contribution in [0.15, 0.2) is 48.2 Å². The molecule has 0 saturated carbocycles. The van der Waals surface area contributed by atoms with E-state index in [9.17, 15) is 24.6 Å². The van der Waals surface area contributed by atoms with Crippen molar-refractivity contribution in [2.75, 3.05) is 5.75 Å². The van der Waals surface area contributed by atoms with Crippen LogP contribution in [-0.2, 0) is 14.4 Å². The summed E-state index contributed by atoms with van der Waals surface area (Å²) in [7, 11) is 0. The number of hydrogen-bond acceptors (Lipinski definition) is 6. The summed E-state index contributed by atoms with van der Waals surface area (Å²) in [5.41, 5.74) is 7.01. The highest BCUT2D eigenvalue weighted by Gasteiger charge is 2.54. The molecule has 0 radical (unpaired) electrons. The fourth-order valence-corrected chi connectivity index (χ4v) is 4.45. The standard InChI is InChI=1S/C18H19N3O5S/c1-2-3-10-8-27-17-13(16(24)21(17)14(10)18(25)26)20-15(23)12(19)9-4-6-11(22)7-5-9/h2,4-7,12-13,17,22H,1,3,8,19H2,(H,20,23)(H,25,26)/t12-,13?,17-/m1/s1. The van der Waals surface area contributed by atoms with Gasteiger partial charge in [-0.2, -0.15) is 0 Å². The minimum absolute atomic E-state index is 0.0306. The molecular formula is C18H19N3O5S. The van der Waals surface area contributed by atoms with Gasteiger partial charge in [-0.15, -0.1) is 18.3 Å². The average Bonchev–Trinajstić information content (AvgIpc) is 2.65. The molecule has 2 aliphatic rings. The molecule has 27 heavy (non-hydrogen) atoms. The lowest BCUT2D eigenvalue weighted by Gasteiger charge is -2.49. The van der Waals surface area contributed by atoms with Crippen molar-refractivity contribution < 1.29 is 24.6 Å². The van der Waals surface area contributed by atoms with Gasteiger partial charge in [0.1, 0.15) is 28.9 Å². The molecule has 1 saturated heterocycles. The molecule has 5 N–H and O–H groups in total. The van der Waals surface area contributed by atoms with Crippen molar-refractivity contribution in [1.82, 2.24) is 10.2 Å². The van der Waals surface area contributed by atoms with E-state index in [1.165, 1.54) is 40.9 Å². The molecule has 1 aromatic rings. The van der Waals surface area contributed by atoms with Gasteiger partial charge in [-0.1, -0.05) is 18.2 Å². The first-order valence-corrected chi connectivity index (χ1v) is 9.25. The summed E-state index contributed by atoms with van der Waals surface area (Å²) in [5.74, 6) is -1.69. The van der Waals surface area contributed by atoms with E-state index in [0.717, 1.165) is 0 Å². The number of hydrogen-bond donors (Lipinski definition) is 4. The van der Waals surface area contributed by atoms with E-state index in [4.69, 9.17) is 5.73 Å². The third-order valence-electron chi connectivity index (χ3n) is 4.47.